The molecule has 0 unspecified atom stereocenters. The Bertz CT molecular complexity index is 260. The third-order valence-electron chi connectivity index (χ3n) is 1.27. The van der Waals surface area contributed by atoms with Crippen LogP contribution in [0.15, 0.2) is 17.8 Å². The molecule has 1 heterocycles. The lowest BCUT2D eigenvalue weighted by molar-refractivity contribution is 0.936. The van der Waals surface area contributed by atoms with Gasteiger partial charge in [0.2, 0.25) is 0 Å². The highest BCUT2D eigenvalue weighted by molar-refractivity contribution is 5.48. The first-order valence-electron chi connectivity index (χ1n) is 2.93. The number of aryl methyl sites for hydroxylation is 1. The fraction of sp³-hybridized carbons (Fsp3) is 0.143. The molecule has 0 aromatic carbocycles. The summed E-state index contributed by atoms with van der Waals surface area (Å²) in [4.78, 5) is 3.78. The quantitative estimate of drug-likeness (QED) is 0.567. The zero-order valence-corrected chi connectivity index (χ0v) is 5.91. The first kappa shape index (κ1) is 6.74. The van der Waals surface area contributed by atoms with E-state index in [9.17, 15) is 0 Å². The molecule has 0 aliphatic rings. The van der Waals surface area contributed by atoms with E-state index in [1.165, 1.54) is 0 Å². The van der Waals surface area contributed by atoms with Gasteiger partial charge < -0.3 is 0 Å². The van der Waals surface area contributed by atoms with Gasteiger partial charge in [0, 0.05) is 11.8 Å². The van der Waals surface area contributed by atoms with Crippen LogP contribution in [0.2, 0.25) is 0 Å². The Morgan fingerprint density at radius 1 is 1.80 bits per heavy atom. The van der Waals surface area contributed by atoms with Crippen molar-refractivity contribution in [1.29, 1.82) is 0 Å². The summed E-state index contributed by atoms with van der Waals surface area (Å²) >= 11 is 0. The van der Waals surface area contributed by atoms with E-state index in [0.29, 0.717) is 0 Å². The van der Waals surface area contributed by atoms with Crippen molar-refractivity contribution in [3.05, 3.63) is 18.3 Å². The minimum absolute atomic E-state index is 0.759. The molecular weight excluding hydrogens is 126 g/mol. The topological polar surface area (TPSA) is 30.2 Å². The maximum atomic E-state index is 3.97. The summed E-state index contributed by atoms with van der Waals surface area (Å²) in [6.07, 6.45) is 3.32. The number of aliphatic imine (C=N–C) groups is 1. The van der Waals surface area contributed by atoms with Gasteiger partial charge in [-0.25, -0.2) is 9.67 Å². The third kappa shape index (κ3) is 0.857. The van der Waals surface area contributed by atoms with Gasteiger partial charge in [0.15, 0.2) is 5.82 Å². The average Bonchev–Trinajstić information content (AvgIpc) is 2.30. The molecular formula is C7H9N3. The predicted octanol–water partition coefficient (Wildman–Crippen LogP) is 1.62. The molecule has 1 rings (SSSR count). The Balaban J connectivity index is 3.25. The maximum absolute atomic E-state index is 3.97. The van der Waals surface area contributed by atoms with Crippen molar-refractivity contribution in [3.63, 3.8) is 0 Å². The van der Waals surface area contributed by atoms with Crippen molar-refractivity contribution in [2.24, 2.45) is 4.99 Å². The number of nitrogens with zero attached hydrogens (tertiary/aromatic N) is 3. The van der Waals surface area contributed by atoms with Crippen LogP contribution in [0, 0.1) is 6.92 Å². The van der Waals surface area contributed by atoms with Gasteiger partial charge in [0.1, 0.15) is 0 Å². The summed E-state index contributed by atoms with van der Waals surface area (Å²) in [6.45, 7) is 8.91. The van der Waals surface area contributed by atoms with Crippen molar-refractivity contribution in [2.45, 2.75) is 6.92 Å². The summed E-state index contributed by atoms with van der Waals surface area (Å²) in [5.74, 6) is 0.759. The maximum Gasteiger partial charge on any atom is 0.157 e. The van der Waals surface area contributed by atoms with Gasteiger partial charge in [-0.2, -0.15) is 5.10 Å². The van der Waals surface area contributed by atoms with E-state index in [4.69, 9.17) is 0 Å². The molecule has 0 aliphatic heterocycles. The molecule has 0 radical (unpaired) electrons. The van der Waals surface area contributed by atoms with Crippen LogP contribution < -0.4 is 0 Å². The van der Waals surface area contributed by atoms with Crippen molar-refractivity contribution < 1.29 is 0 Å². The van der Waals surface area contributed by atoms with Crippen LogP contribution in [0.3, 0.4) is 0 Å². The van der Waals surface area contributed by atoms with Crippen LogP contribution in [0.5, 0.6) is 0 Å². The number of rotatable bonds is 2. The molecule has 52 valence electrons. The second-order valence-electron chi connectivity index (χ2n) is 1.94. The van der Waals surface area contributed by atoms with Crippen LogP contribution in [0.4, 0.5) is 5.82 Å². The molecule has 0 bridgehead atoms. The molecule has 0 saturated heterocycles. The van der Waals surface area contributed by atoms with E-state index < -0.39 is 0 Å². The molecule has 10 heavy (non-hydrogen) atoms. The van der Waals surface area contributed by atoms with E-state index >= 15 is 0 Å². The Labute approximate surface area is 59.7 Å². The van der Waals surface area contributed by atoms with Crippen molar-refractivity contribution in [2.75, 3.05) is 0 Å². The van der Waals surface area contributed by atoms with E-state index in [1.807, 2.05) is 6.92 Å². The molecule has 0 N–H and O–H groups in total. The lowest BCUT2D eigenvalue weighted by Crippen LogP contribution is -1.85. The standard InChI is InChI=1S/C7H9N3/c1-4-10-7(8-3)6(2)5-9-10/h4-5H,1,3H2,2H3. The highest BCUT2D eigenvalue weighted by Crippen LogP contribution is 2.15. The minimum atomic E-state index is 0.759. The van der Waals surface area contributed by atoms with Crippen LogP contribution >= 0.6 is 0 Å². The van der Waals surface area contributed by atoms with Gasteiger partial charge in [-0.15, -0.1) is 0 Å². The zero-order valence-electron chi connectivity index (χ0n) is 5.91. The van der Waals surface area contributed by atoms with E-state index in [-0.39, 0.29) is 0 Å². The summed E-state index contributed by atoms with van der Waals surface area (Å²) in [7, 11) is 0. The fourth-order valence-corrected chi connectivity index (χ4v) is 0.773. The van der Waals surface area contributed by atoms with Crippen molar-refractivity contribution in [1.82, 2.24) is 9.78 Å². The zero-order chi connectivity index (χ0) is 7.56. The molecule has 0 fully saturated rings. The molecule has 3 heteroatoms. The highest BCUT2D eigenvalue weighted by atomic mass is 15.3. The van der Waals surface area contributed by atoms with Crippen molar-refractivity contribution >= 4 is 18.7 Å². The van der Waals surface area contributed by atoms with Gasteiger partial charge in [-0.1, -0.05) is 6.58 Å². The summed E-state index contributed by atoms with van der Waals surface area (Å²) in [5.41, 5.74) is 1.01. The Morgan fingerprint density at radius 3 is 2.90 bits per heavy atom. The molecule has 1 aromatic heterocycles. The first-order chi connectivity index (χ1) is 4.79. The van der Waals surface area contributed by atoms with Gasteiger partial charge in [0.05, 0.1) is 6.20 Å². The van der Waals surface area contributed by atoms with Gasteiger partial charge in [-0.3, -0.25) is 0 Å². The Kier molecular flexibility index (Phi) is 1.67. The smallest absolute Gasteiger partial charge is 0.157 e. The minimum Gasteiger partial charge on any atom is -0.245 e. The van der Waals surface area contributed by atoms with Crippen molar-refractivity contribution in [3.8, 4) is 0 Å². The highest BCUT2D eigenvalue weighted by Gasteiger charge is 1.99. The number of hydrogen-bond donors (Lipinski definition) is 0. The van der Waals surface area contributed by atoms with Crippen LogP contribution in [-0.2, 0) is 0 Å². The molecule has 0 aliphatic carbocycles. The first-order valence-corrected chi connectivity index (χ1v) is 2.93. The van der Waals surface area contributed by atoms with E-state index in [2.05, 4.69) is 23.4 Å². The Hall–Kier alpha value is -1.38. The van der Waals surface area contributed by atoms with Gasteiger partial charge >= 0.3 is 0 Å². The van der Waals surface area contributed by atoms with Crippen LogP contribution in [0.1, 0.15) is 5.56 Å². The van der Waals surface area contributed by atoms with Gasteiger partial charge in [-0.05, 0) is 13.6 Å². The number of aromatic nitrogens is 2. The molecule has 0 atom stereocenters. The molecule has 1 aromatic rings. The normalized spacial score (nSPS) is 9.30. The van der Waals surface area contributed by atoms with Crippen LogP contribution in [0.25, 0.3) is 6.20 Å². The lowest BCUT2D eigenvalue weighted by atomic mass is 10.4. The second kappa shape index (κ2) is 2.47. The fourth-order valence-electron chi connectivity index (χ4n) is 0.773. The van der Waals surface area contributed by atoms with E-state index in [1.54, 1.807) is 17.1 Å². The molecule has 0 amide bonds. The molecule has 0 spiro atoms. The third-order valence-corrected chi connectivity index (χ3v) is 1.27. The monoisotopic (exact) mass is 135 g/mol. The summed E-state index contributed by atoms with van der Waals surface area (Å²) in [6, 6.07) is 0. The van der Waals surface area contributed by atoms with Gasteiger partial charge in [0.25, 0.3) is 0 Å². The number of hydrogen-bond acceptors (Lipinski definition) is 2. The largest absolute Gasteiger partial charge is 0.245 e. The SMILES string of the molecule is C=Cn1ncc(C)c1N=C. The second-order valence-corrected chi connectivity index (χ2v) is 1.94. The predicted molar refractivity (Wildman–Crippen MR) is 42.6 cm³/mol. The Morgan fingerprint density at radius 2 is 2.50 bits per heavy atom. The summed E-state index contributed by atoms with van der Waals surface area (Å²) < 4.78 is 1.59. The summed E-state index contributed by atoms with van der Waals surface area (Å²) in [5, 5.41) is 3.97. The van der Waals surface area contributed by atoms with Crippen LogP contribution in [-0.4, -0.2) is 16.5 Å². The molecule has 3 nitrogen and oxygen atoms in total. The molecule has 0 saturated carbocycles. The lowest BCUT2D eigenvalue weighted by Gasteiger charge is -1.93. The average molecular weight is 135 g/mol. The van der Waals surface area contributed by atoms with E-state index in [0.717, 1.165) is 11.4 Å².